The van der Waals surface area contributed by atoms with E-state index in [1.54, 1.807) is 6.92 Å². The summed E-state index contributed by atoms with van der Waals surface area (Å²) in [5.74, 6) is -0.401. The lowest BCUT2D eigenvalue weighted by Crippen LogP contribution is -2.33. The van der Waals surface area contributed by atoms with E-state index in [1.165, 1.54) is 12.3 Å². The second-order valence-corrected chi connectivity index (χ2v) is 6.89. The van der Waals surface area contributed by atoms with Crippen molar-refractivity contribution >= 4 is 16.8 Å². The van der Waals surface area contributed by atoms with Crippen LogP contribution in [0.25, 0.3) is 10.9 Å². The fourth-order valence-electron chi connectivity index (χ4n) is 3.12. The Labute approximate surface area is 146 Å². The lowest BCUT2D eigenvalue weighted by atomic mass is 9.94. The Morgan fingerprint density at radius 3 is 2.72 bits per heavy atom. The molecular formula is C19H25FN2O3. The molecule has 0 aliphatic heterocycles. The summed E-state index contributed by atoms with van der Waals surface area (Å²) in [5.41, 5.74) is 0.612. The predicted octanol–water partition coefficient (Wildman–Crippen LogP) is 2.75. The fourth-order valence-corrected chi connectivity index (χ4v) is 3.12. The second-order valence-electron chi connectivity index (χ2n) is 6.89. The molecule has 0 radical (unpaired) electrons. The average Bonchev–Trinajstić information content (AvgIpc) is 2.53. The number of carbonyl (C=O) groups is 1. The van der Waals surface area contributed by atoms with Crippen molar-refractivity contribution < 1.29 is 14.3 Å². The molecule has 25 heavy (non-hydrogen) atoms. The van der Waals surface area contributed by atoms with Gasteiger partial charge >= 0.3 is 0 Å². The van der Waals surface area contributed by atoms with Crippen LogP contribution in [0.1, 0.15) is 42.6 Å². The first-order chi connectivity index (χ1) is 11.8. The van der Waals surface area contributed by atoms with Gasteiger partial charge in [-0.25, -0.2) is 4.39 Å². The Hall–Kier alpha value is -2.21. The number of aliphatic hydroxyl groups is 1. The Bertz CT molecular complexity index is 814. The Kier molecular flexibility index (Phi) is 6.31. The third-order valence-electron chi connectivity index (χ3n) is 4.29. The van der Waals surface area contributed by atoms with Gasteiger partial charge in [-0.15, -0.1) is 0 Å². The Morgan fingerprint density at radius 2 is 2.08 bits per heavy atom. The number of hydrogen-bond donors (Lipinski definition) is 3. The number of hydrogen-bond acceptors (Lipinski definition) is 3. The quantitative estimate of drug-likeness (QED) is 0.719. The van der Waals surface area contributed by atoms with E-state index in [4.69, 9.17) is 5.11 Å². The first-order valence-electron chi connectivity index (χ1n) is 8.54. The third-order valence-corrected chi connectivity index (χ3v) is 4.29. The molecule has 1 atom stereocenters. The van der Waals surface area contributed by atoms with Crippen molar-refractivity contribution in [2.24, 2.45) is 11.8 Å². The molecule has 1 amide bonds. The largest absolute Gasteiger partial charge is 0.396 e. The van der Waals surface area contributed by atoms with Gasteiger partial charge in [0.05, 0.1) is 5.52 Å². The molecule has 2 rings (SSSR count). The molecule has 0 fully saturated rings. The van der Waals surface area contributed by atoms with Crippen molar-refractivity contribution in [3.63, 3.8) is 0 Å². The number of nitrogens with one attached hydrogen (secondary N) is 2. The summed E-state index contributed by atoms with van der Waals surface area (Å²) in [4.78, 5) is 27.8. The molecule has 1 heterocycles. The molecule has 136 valence electrons. The van der Waals surface area contributed by atoms with E-state index >= 15 is 0 Å². The van der Waals surface area contributed by atoms with E-state index in [2.05, 4.69) is 24.1 Å². The fraction of sp³-hybridized carbons (Fsp3) is 0.474. The van der Waals surface area contributed by atoms with Crippen LogP contribution in [0.3, 0.4) is 0 Å². The lowest BCUT2D eigenvalue weighted by Gasteiger charge is -2.18. The minimum Gasteiger partial charge on any atom is -0.396 e. The smallest absolute Gasteiger partial charge is 0.256 e. The van der Waals surface area contributed by atoms with Gasteiger partial charge in [-0.2, -0.15) is 0 Å². The Morgan fingerprint density at radius 1 is 1.36 bits per heavy atom. The van der Waals surface area contributed by atoms with E-state index in [1.807, 2.05) is 0 Å². The highest BCUT2D eigenvalue weighted by Crippen LogP contribution is 2.16. The summed E-state index contributed by atoms with van der Waals surface area (Å²) in [6.45, 7) is 6.31. The van der Waals surface area contributed by atoms with E-state index in [-0.39, 0.29) is 23.5 Å². The van der Waals surface area contributed by atoms with E-state index in [0.29, 0.717) is 30.0 Å². The standard InChI is InChI=1S/C19H25FN2O3/c1-11(2)6-13(4-5-23)9-22-19(25)16-10-21-17-12(3)7-14(20)8-15(17)18(16)24/h7-8,10-11,13,23H,4-6,9H2,1-3H3,(H,21,24)(H,22,25)/t13-/m0/s1. The number of aryl methyl sites for hydroxylation is 1. The van der Waals surface area contributed by atoms with Crippen molar-refractivity contribution in [2.75, 3.05) is 13.2 Å². The molecule has 0 aliphatic carbocycles. The third kappa shape index (κ3) is 4.66. The van der Waals surface area contributed by atoms with E-state index in [9.17, 15) is 14.0 Å². The highest BCUT2D eigenvalue weighted by Gasteiger charge is 2.17. The number of fused-ring (bicyclic) bond motifs is 1. The summed E-state index contributed by atoms with van der Waals surface area (Å²) in [6.07, 6.45) is 2.84. The van der Waals surface area contributed by atoms with Crippen molar-refractivity contribution in [1.29, 1.82) is 0 Å². The number of aliphatic hydroxyl groups excluding tert-OH is 1. The van der Waals surface area contributed by atoms with Crippen LogP contribution >= 0.6 is 0 Å². The van der Waals surface area contributed by atoms with Crippen LogP contribution in [-0.2, 0) is 0 Å². The molecule has 0 bridgehead atoms. The van der Waals surface area contributed by atoms with Gasteiger partial charge in [0, 0.05) is 24.7 Å². The van der Waals surface area contributed by atoms with Crippen molar-refractivity contribution in [3.05, 3.63) is 45.5 Å². The highest BCUT2D eigenvalue weighted by atomic mass is 19.1. The number of benzene rings is 1. The van der Waals surface area contributed by atoms with Crippen molar-refractivity contribution in [1.82, 2.24) is 10.3 Å². The van der Waals surface area contributed by atoms with Crippen LogP contribution in [0, 0.1) is 24.6 Å². The number of amides is 1. The molecule has 0 aliphatic rings. The summed E-state index contributed by atoms with van der Waals surface area (Å²) < 4.78 is 13.6. The van der Waals surface area contributed by atoms with Crippen LogP contribution in [0.4, 0.5) is 4.39 Å². The molecule has 0 saturated heterocycles. The number of pyridine rings is 1. The van der Waals surface area contributed by atoms with Gasteiger partial charge in [-0.05, 0) is 49.3 Å². The zero-order valence-corrected chi connectivity index (χ0v) is 14.9. The average molecular weight is 348 g/mol. The van der Waals surface area contributed by atoms with E-state index in [0.717, 1.165) is 12.5 Å². The lowest BCUT2D eigenvalue weighted by molar-refractivity contribution is 0.0940. The zero-order valence-electron chi connectivity index (χ0n) is 14.9. The molecule has 3 N–H and O–H groups in total. The summed E-state index contributed by atoms with van der Waals surface area (Å²) in [6, 6.07) is 2.48. The van der Waals surface area contributed by atoms with E-state index < -0.39 is 17.2 Å². The number of carbonyl (C=O) groups excluding carboxylic acids is 1. The summed E-state index contributed by atoms with van der Waals surface area (Å²) in [5, 5.41) is 12.1. The molecule has 5 nitrogen and oxygen atoms in total. The molecule has 0 saturated carbocycles. The number of aromatic nitrogens is 1. The van der Waals surface area contributed by atoms with Gasteiger partial charge in [-0.3, -0.25) is 9.59 Å². The summed E-state index contributed by atoms with van der Waals surface area (Å²) in [7, 11) is 0. The number of aromatic amines is 1. The van der Waals surface area contributed by atoms with Crippen LogP contribution in [0.15, 0.2) is 23.1 Å². The van der Waals surface area contributed by atoms with Gasteiger partial charge in [0.1, 0.15) is 11.4 Å². The molecule has 0 spiro atoms. The highest BCUT2D eigenvalue weighted by molar-refractivity contribution is 5.97. The summed E-state index contributed by atoms with van der Waals surface area (Å²) >= 11 is 0. The van der Waals surface area contributed by atoms with Crippen molar-refractivity contribution in [2.45, 2.75) is 33.6 Å². The Balaban J connectivity index is 2.22. The number of H-pyrrole nitrogens is 1. The molecule has 0 unspecified atom stereocenters. The van der Waals surface area contributed by atoms with Crippen LogP contribution in [0.2, 0.25) is 0 Å². The first-order valence-corrected chi connectivity index (χ1v) is 8.54. The number of rotatable bonds is 7. The van der Waals surface area contributed by atoms with Gasteiger partial charge in [-0.1, -0.05) is 13.8 Å². The predicted molar refractivity (Wildman–Crippen MR) is 96.2 cm³/mol. The van der Waals surface area contributed by atoms with Crippen LogP contribution in [0.5, 0.6) is 0 Å². The zero-order chi connectivity index (χ0) is 18.6. The van der Waals surface area contributed by atoms with Gasteiger partial charge < -0.3 is 15.4 Å². The van der Waals surface area contributed by atoms with Crippen LogP contribution in [-0.4, -0.2) is 29.1 Å². The maximum Gasteiger partial charge on any atom is 0.256 e. The molecule has 6 heteroatoms. The van der Waals surface area contributed by atoms with Gasteiger partial charge in [0.2, 0.25) is 5.43 Å². The number of halogens is 1. The SMILES string of the molecule is Cc1cc(F)cc2c(=O)c(C(=O)NC[C@@H](CCO)CC(C)C)c[nH]c12. The maximum atomic E-state index is 13.6. The van der Waals surface area contributed by atoms with Crippen molar-refractivity contribution in [3.8, 4) is 0 Å². The molecule has 1 aromatic carbocycles. The normalized spacial score (nSPS) is 12.6. The van der Waals surface area contributed by atoms with Crippen LogP contribution < -0.4 is 10.7 Å². The first kappa shape index (κ1) is 19.1. The molecule has 2 aromatic rings. The topological polar surface area (TPSA) is 82.2 Å². The van der Waals surface area contributed by atoms with Gasteiger partial charge in [0.15, 0.2) is 0 Å². The maximum absolute atomic E-state index is 13.6. The second kappa shape index (κ2) is 8.25. The molecule has 1 aromatic heterocycles. The molecular weight excluding hydrogens is 323 g/mol. The monoisotopic (exact) mass is 348 g/mol. The minimum absolute atomic E-state index is 0.0372. The van der Waals surface area contributed by atoms with Gasteiger partial charge in [0.25, 0.3) is 5.91 Å². The minimum atomic E-state index is -0.506.